The van der Waals surface area contributed by atoms with Crippen LogP contribution in [0.5, 0.6) is 0 Å². The van der Waals surface area contributed by atoms with Gasteiger partial charge >= 0.3 is 0 Å². The standard InChI is InChI=1S/C16H19ClN4/c17-14-5-1-2-6-15(14)21-10-8-20(9-11-21)12-13-4-3-7-19-16(13)18/h1-7H,8-12H2,(H2,18,19). The minimum absolute atomic E-state index is 0.631. The molecule has 4 nitrogen and oxygen atoms in total. The molecule has 2 heterocycles. The van der Waals surface area contributed by atoms with E-state index in [9.17, 15) is 0 Å². The molecule has 1 fully saturated rings. The Morgan fingerprint density at radius 2 is 1.81 bits per heavy atom. The van der Waals surface area contributed by atoms with Crippen molar-refractivity contribution in [1.82, 2.24) is 9.88 Å². The Hall–Kier alpha value is -1.78. The average molecular weight is 303 g/mol. The highest BCUT2D eigenvalue weighted by Gasteiger charge is 2.19. The number of nitrogen functional groups attached to an aromatic ring is 1. The number of piperazine rings is 1. The first-order valence-corrected chi connectivity index (χ1v) is 7.53. The first-order chi connectivity index (χ1) is 10.2. The van der Waals surface area contributed by atoms with Gasteiger partial charge in [0.1, 0.15) is 5.82 Å². The highest BCUT2D eigenvalue weighted by atomic mass is 35.5. The van der Waals surface area contributed by atoms with Gasteiger partial charge < -0.3 is 10.6 Å². The van der Waals surface area contributed by atoms with Gasteiger partial charge in [-0.1, -0.05) is 29.8 Å². The lowest BCUT2D eigenvalue weighted by atomic mass is 10.2. The van der Waals surface area contributed by atoms with Crippen molar-refractivity contribution in [3.05, 3.63) is 53.2 Å². The predicted molar refractivity (Wildman–Crippen MR) is 87.6 cm³/mol. The second kappa shape index (κ2) is 6.33. The van der Waals surface area contributed by atoms with Crippen molar-refractivity contribution in [2.75, 3.05) is 36.8 Å². The normalized spacial score (nSPS) is 16.1. The Kier molecular flexibility index (Phi) is 4.27. The molecule has 1 saturated heterocycles. The summed E-state index contributed by atoms with van der Waals surface area (Å²) in [5.74, 6) is 0.631. The maximum atomic E-state index is 6.26. The number of nitrogens with zero attached hydrogens (tertiary/aromatic N) is 3. The second-order valence-electron chi connectivity index (χ2n) is 5.26. The second-order valence-corrected chi connectivity index (χ2v) is 5.67. The van der Waals surface area contributed by atoms with Crippen LogP contribution in [-0.2, 0) is 6.54 Å². The van der Waals surface area contributed by atoms with E-state index in [1.54, 1.807) is 6.20 Å². The van der Waals surface area contributed by atoms with Crippen molar-refractivity contribution in [3.63, 3.8) is 0 Å². The maximum Gasteiger partial charge on any atom is 0.127 e. The Morgan fingerprint density at radius 3 is 2.52 bits per heavy atom. The lowest BCUT2D eigenvalue weighted by molar-refractivity contribution is 0.250. The van der Waals surface area contributed by atoms with Crippen molar-refractivity contribution in [2.45, 2.75) is 6.54 Å². The molecule has 0 saturated carbocycles. The van der Waals surface area contributed by atoms with Crippen molar-refractivity contribution < 1.29 is 0 Å². The van der Waals surface area contributed by atoms with E-state index in [0.717, 1.165) is 49.0 Å². The topological polar surface area (TPSA) is 45.4 Å². The lowest BCUT2D eigenvalue weighted by Gasteiger charge is -2.36. The molecule has 1 aliphatic rings. The van der Waals surface area contributed by atoms with Gasteiger partial charge in [-0.2, -0.15) is 0 Å². The number of halogens is 1. The molecule has 110 valence electrons. The van der Waals surface area contributed by atoms with Gasteiger partial charge in [0.05, 0.1) is 10.7 Å². The van der Waals surface area contributed by atoms with E-state index in [2.05, 4.69) is 20.9 Å². The zero-order chi connectivity index (χ0) is 14.7. The van der Waals surface area contributed by atoms with Crippen LogP contribution >= 0.6 is 11.6 Å². The molecule has 0 bridgehead atoms. The van der Waals surface area contributed by atoms with Gasteiger partial charge in [0.15, 0.2) is 0 Å². The Balaban J connectivity index is 1.61. The van der Waals surface area contributed by atoms with E-state index in [4.69, 9.17) is 17.3 Å². The maximum absolute atomic E-state index is 6.26. The highest BCUT2D eigenvalue weighted by Crippen LogP contribution is 2.26. The molecule has 0 spiro atoms. The van der Waals surface area contributed by atoms with Crippen molar-refractivity contribution >= 4 is 23.1 Å². The number of pyridine rings is 1. The number of para-hydroxylation sites is 1. The van der Waals surface area contributed by atoms with Crippen LogP contribution in [0.1, 0.15) is 5.56 Å². The Morgan fingerprint density at radius 1 is 1.05 bits per heavy atom. The van der Waals surface area contributed by atoms with Crippen LogP contribution in [0, 0.1) is 0 Å². The largest absolute Gasteiger partial charge is 0.383 e. The monoisotopic (exact) mass is 302 g/mol. The van der Waals surface area contributed by atoms with Crippen molar-refractivity contribution in [1.29, 1.82) is 0 Å². The summed E-state index contributed by atoms with van der Waals surface area (Å²) in [4.78, 5) is 8.88. The third kappa shape index (κ3) is 3.28. The van der Waals surface area contributed by atoms with Gasteiger partial charge in [0.25, 0.3) is 0 Å². The number of rotatable bonds is 3. The summed E-state index contributed by atoms with van der Waals surface area (Å²) in [6.07, 6.45) is 1.73. The number of aromatic nitrogens is 1. The summed E-state index contributed by atoms with van der Waals surface area (Å²) in [5.41, 5.74) is 8.14. The molecule has 0 atom stereocenters. The third-order valence-electron chi connectivity index (χ3n) is 3.89. The van der Waals surface area contributed by atoms with Crippen molar-refractivity contribution in [2.24, 2.45) is 0 Å². The molecule has 0 amide bonds. The fourth-order valence-electron chi connectivity index (χ4n) is 2.68. The van der Waals surface area contributed by atoms with Crippen LogP contribution in [0.15, 0.2) is 42.6 Å². The first-order valence-electron chi connectivity index (χ1n) is 7.15. The van der Waals surface area contributed by atoms with Gasteiger partial charge in [0, 0.05) is 44.5 Å². The smallest absolute Gasteiger partial charge is 0.127 e. The zero-order valence-corrected chi connectivity index (χ0v) is 12.6. The number of anilines is 2. The van der Waals surface area contributed by atoms with E-state index in [-0.39, 0.29) is 0 Å². The fraction of sp³-hybridized carbons (Fsp3) is 0.312. The van der Waals surface area contributed by atoms with Crippen LogP contribution in [0.2, 0.25) is 5.02 Å². The van der Waals surface area contributed by atoms with Crippen LogP contribution in [-0.4, -0.2) is 36.1 Å². The summed E-state index contributed by atoms with van der Waals surface area (Å²) >= 11 is 6.26. The summed E-state index contributed by atoms with van der Waals surface area (Å²) in [6, 6.07) is 12.0. The number of hydrogen-bond acceptors (Lipinski definition) is 4. The lowest BCUT2D eigenvalue weighted by Crippen LogP contribution is -2.46. The third-order valence-corrected chi connectivity index (χ3v) is 4.21. The van der Waals surface area contributed by atoms with E-state index >= 15 is 0 Å². The quantitative estimate of drug-likeness (QED) is 0.947. The van der Waals surface area contributed by atoms with Crippen molar-refractivity contribution in [3.8, 4) is 0 Å². The first kappa shape index (κ1) is 14.2. The van der Waals surface area contributed by atoms with Gasteiger partial charge in [-0.3, -0.25) is 4.90 Å². The molecule has 5 heteroatoms. The molecule has 0 aliphatic carbocycles. The average Bonchev–Trinajstić information content (AvgIpc) is 2.51. The number of benzene rings is 1. The summed E-state index contributed by atoms with van der Waals surface area (Å²) < 4.78 is 0. The SMILES string of the molecule is Nc1ncccc1CN1CCN(c2ccccc2Cl)CC1. The summed E-state index contributed by atoms with van der Waals surface area (Å²) in [7, 11) is 0. The molecule has 2 aromatic rings. The molecule has 1 aliphatic heterocycles. The summed E-state index contributed by atoms with van der Waals surface area (Å²) in [5, 5.41) is 0.822. The highest BCUT2D eigenvalue weighted by molar-refractivity contribution is 6.33. The molecular weight excluding hydrogens is 284 g/mol. The van der Waals surface area contributed by atoms with E-state index in [0.29, 0.717) is 5.82 Å². The molecule has 0 unspecified atom stereocenters. The van der Waals surface area contributed by atoms with Crippen LogP contribution in [0.25, 0.3) is 0 Å². The van der Waals surface area contributed by atoms with Gasteiger partial charge in [-0.25, -0.2) is 4.98 Å². The molecule has 21 heavy (non-hydrogen) atoms. The summed E-state index contributed by atoms with van der Waals surface area (Å²) in [6.45, 7) is 4.81. The van der Waals surface area contributed by atoms with E-state index in [1.165, 1.54) is 0 Å². The van der Waals surface area contributed by atoms with Gasteiger partial charge in [-0.05, 0) is 18.2 Å². The van der Waals surface area contributed by atoms with Crippen LogP contribution < -0.4 is 10.6 Å². The number of hydrogen-bond donors (Lipinski definition) is 1. The predicted octanol–water partition coefficient (Wildman–Crippen LogP) is 2.64. The van der Waals surface area contributed by atoms with Gasteiger partial charge in [0.2, 0.25) is 0 Å². The molecular formula is C16H19ClN4. The molecule has 1 aromatic carbocycles. The van der Waals surface area contributed by atoms with Gasteiger partial charge in [-0.15, -0.1) is 0 Å². The zero-order valence-electron chi connectivity index (χ0n) is 11.9. The Labute approximate surface area is 130 Å². The minimum Gasteiger partial charge on any atom is -0.383 e. The van der Waals surface area contributed by atoms with E-state index < -0.39 is 0 Å². The molecule has 2 N–H and O–H groups in total. The molecule has 0 radical (unpaired) electrons. The Bertz CT molecular complexity index is 609. The van der Waals surface area contributed by atoms with E-state index in [1.807, 2.05) is 30.3 Å². The van der Waals surface area contributed by atoms with Crippen LogP contribution in [0.4, 0.5) is 11.5 Å². The fourth-order valence-corrected chi connectivity index (χ4v) is 2.94. The minimum atomic E-state index is 0.631. The number of nitrogens with two attached hydrogens (primary N) is 1. The molecule has 1 aromatic heterocycles. The molecule has 3 rings (SSSR count). The van der Waals surface area contributed by atoms with Crippen LogP contribution in [0.3, 0.4) is 0 Å².